The van der Waals surface area contributed by atoms with Crippen molar-refractivity contribution in [1.82, 2.24) is 9.78 Å². The first kappa shape index (κ1) is 32.0. The summed E-state index contributed by atoms with van der Waals surface area (Å²) < 4.78 is 94.8. The molecule has 0 saturated carbocycles. The first-order valence-electron chi connectivity index (χ1n) is 12.5. The average Bonchev–Trinajstić information content (AvgIpc) is 3.33. The van der Waals surface area contributed by atoms with Crippen molar-refractivity contribution in [2.45, 2.75) is 30.8 Å². The SMILES string of the molecule is C=C/C=C/C(=O)Oc1c(-c2cc(C(F)(F)F)nn2C)ccc(OCc2ccc(Cl)cc2)c1C1=CCC(Cl)C(C(F)(F)F)=C1. The highest BCUT2D eigenvalue weighted by atomic mass is 35.5. The molecule has 1 aromatic heterocycles. The molecule has 0 saturated heterocycles. The van der Waals surface area contributed by atoms with Gasteiger partial charge >= 0.3 is 18.3 Å². The highest BCUT2D eigenvalue weighted by molar-refractivity contribution is 6.30. The molecule has 1 atom stereocenters. The molecule has 0 bridgehead atoms. The zero-order valence-corrected chi connectivity index (χ0v) is 23.8. The molecule has 13 heteroatoms. The largest absolute Gasteiger partial charge is 0.488 e. The number of halogens is 8. The van der Waals surface area contributed by atoms with Gasteiger partial charge in [-0.25, -0.2) is 4.79 Å². The quantitative estimate of drug-likeness (QED) is 0.0615. The van der Waals surface area contributed by atoms with Gasteiger partial charge in [-0.2, -0.15) is 31.4 Å². The standard InChI is InChI=1S/C30H22Cl2F6N2O3/c1-3-4-5-26(41)43-28-20(23-15-25(30(36,37)38)39-40(23)2)11-13-24(42-16-17-6-9-19(31)10-7-17)27(28)18-8-12-22(32)21(14-18)29(33,34)35/h3-11,13-15,22H,1,12,16H2,2H3/b5-4+. The molecule has 2 aromatic carbocycles. The summed E-state index contributed by atoms with van der Waals surface area (Å²) in [7, 11) is 1.25. The second kappa shape index (κ2) is 12.7. The van der Waals surface area contributed by atoms with Crippen molar-refractivity contribution in [3.8, 4) is 22.8 Å². The number of aryl methyl sites for hydroxylation is 1. The van der Waals surface area contributed by atoms with E-state index < -0.39 is 35.0 Å². The Morgan fingerprint density at radius 2 is 1.81 bits per heavy atom. The molecule has 0 radical (unpaired) electrons. The number of hydrogen-bond acceptors (Lipinski definition) is 4. The number of carbonyl (C=O) groups excluding carboxylic acids is 1. The highest BCUT2D eigenvalue weighted by Crippen LogP contribution is 2.47. The Hall–Kier alpha value is -3.96. The van der Waals surface area contributed by atoms with Crippen molar-refractivity contribution in [1.29, 1.82) is 0 Å². The first-order valence-corrected chi connectivity index (χ1v) is 13.3. The Bertz CT molecular complexity index is 1620. The van der Waals surface area contributed by atoms with Crippen LogP contribution < -0.4 is 9.47 Å². The van der Waals surface area contributed by atoms with Crippen LogP contribution in [0.1, 0.15) is 23.2 Å². The number of nitrogens with zero attached hydrogens (tertiary/aromatic N) is 2. The molecule has 4 rings (SSSR count). The van der Waals surface area contributed by atoms with Gasteiger partial charge in [-0.15, -0.1) is 11.6 Å². The van der Waals surface area contributed by atoms with Crippen LogP contribution in [0.2, 0.25) is 5.02 Å². The van der Waals surface area contributed by atoms with Crippen LogP contribution in [0.25, 0.3) is 16.8 Å². The van der Waals surface area contributed by atoms with E-state index in [9.17, 15) is 31.1 Å². The van der Waals surface area contributed by atoms with Crippen LogP contribution in [-0.4, -0.2) is 27.3 Å². The lowest BCUT2D eigenvalue weighted by atomic mass is 9.91. The Morgan fingerprint density at radius 3 is 2.42 bits per heavy atom. The van der Waals surface area contributed by atoms with E-state index in [1.54, 1.807) is 24.3 Å². The monoisotopic (exact) mass is 642 g/mol. The van der Waals surface area contributed by atoms with Gasteiger partial charge in [-0.1, -0.05) is 48.5 Å². The molecular formula is C30H22Cl2F6N2O3. The number of rotatable bonds is 8. The Balaban J connectivity index is 1.97. The fraction of sp³-hybridized carbons (Fsp3) is 0.200. The highest BCUT2D eigenvalue weighted by Gasteiger charge is 2.40. The van der Waals surface area contributed by atoms with E-state index >= 15 is 0 Å². The number of benzene rings is 2. The van der Waals surface area contributed by atoms with Crippen molar-refractivity contribution in [2.24, 2.45) is 7.05 Å². The van der Waals surface area contributed by atoms with Crippen molar-refractivity contribution >= 4 is 34.7 Å². The van der Waals surface area contributed by atoms with Crippen LogP contribution in [0.3, 0.4) is 0 Å². The number of ether oxygens (including phenoxy) is 2. The van der Waals surface area contributed by atoms with Gasteiger partial charge in [0.15, 0.2) is 11.4 Å². The minimum absolute atomic E-state index is 0.00976. The molecule has 0 N–H and O–H groups in total. The van der Waals surface area contributed by atoms with E-state index in [0.29, 0.717) is 10.6 Å². The van der Waals surface area contributed by atoms with Crippen LogP contribution >= 0.6 is 23.2 Å². The molecule has 0 spiro atoms. The minimum Gasteiger partial charge on any atom is -0.488 e. The summed E-state index contributed by atoms with van der Waals surface area (Å²) >= 11 is 11.9. The molecule has 1 aliphatic carbocycles. The summed E-state index contributed by atoms with van der Waals surface area (Å²) in [5, 5.41) is 2.60. The third kappa shape index (κ3) is 7.52. The summed E-state index contributed by atoms with van der Waals surface area (Å²) in [5.41, 5.74) is -1.98. The summed E-state index contributed by atoms with van der Waals surface area (Å²) in [5.74, 6) is -1.33. The van der Waals surface area contributed by atoms with Crippen LogP contribution in [0.4, 0.5) is 26.3 Å². The maximum Gasteiger partial charge on any atom is 0.435 e. The molecule has 43 heavy (non-hydrogen) atoms. The summed E-state index contributed by atoms with van der Waals surface area (Å²) in [6.07, 6.45) is -4.08. The number of carbonyl (C=O) groups is 1. The third-order valence-corrected chi connectivity index (χ3v) is 6.92. The number of aromatic nitrogens is 2. The molecule has 0 amide bonds. The molecule has 0 fully saturated rings. The van der Waals surface area contributed by atoms with Crippen LogP contribution in [-0.2, 0) is 24.6 Å². The molecule has 226 valence electrons. The van der Waals surface area contributed by atoms with Gasteiger partial charge in [0.2, 0.25) is 0 Å². The maximum absolute atomic E-state index is 13.9. The van der Waals surface area contributed by atoms with E-state index in [1.807, 2.05) is 0 Å². The number of hydrogen-bond donors (Lipinski definition) is 0. The second-order valence-electron chi connectivity index (χ2n) is 9.24. The van der Waals surface area contributed by atoms with Crippen molar-refractivity contribution in [2.75, 3.05) is 0 Å². The van der Waals surface area contributed by atoms with Crippen molar-refractivity contribution in [3.05, 3.63) is 107 Å². The number of esters is 1. The molecule has 3 aromatic rings. The molecule has 1 aliphatic rings. The topological polar surface area (TPSA) is 53.3 Å². The first-order chi connectivity index (χ1) is 20.2. The van der Waals surface area contributed by atoms with E-state index in [4.69, 9.17) is 32.7 Å². The molecular weight excluding hydrogens is 621 g/mol. The maximum atomic E-state index is 13.9. The predicted octanol–water partition coefficient (Wildman–Crippen LogP) is 8.87. The molecule has 1 unspecified atom stereocenters. The van der Waals surface area contributed by atoms with Gasteiger partial charge in [-0.05, 0) is 54.0 Å². The Kier molecular flexibility index (Phi) is 9.46. The molecule has 0 aliphatic heterocycles. The third-order valence-electron chi connectivity index (χ3n) is 6.25. The Labute approximate surface area is 252 Å². The van der Waals surface area contributed by atoms with E-state index in [-0.39, 0.29) is 46.9 Å². The number of allylic oxidation sites excluding steroid dienone is 6. The van der Waals surface area contributed by atoms with Gasteiger partial charge in [0.25, 0.3) is 0 Å². The van der Waals surface area contributed by atoms with E-state index in [2.05, 4.69) is 11.7 Å². The lowest BCUT2D eigenvalue weighted by Crippen LogP contribution is -2.22. The predicted molar refractivity (Wildman–Crippen MR) is 151 cm³/mol. The van der Waals surface area contributed by atoms with Crippen LogP contribution in [0, 0.1) is 0 Å². The zero-order chi connectivity index (χ0) is 31.5. The van der Waals surface area contributed by atoms with Crippen LogP contribution in [0.15, 0.2) is 85.0 Å². The normalized spacial score (nSPS) is 15.7. The van der Waals surface area contributed by atoms with Crippen molar-refractivity contribution < 1.29 is 40.6 Å². The van der Waals surface area contributed by atoms with Gasteiger partial charge < -0.3 is 9.47 Å². The van der Waals surface area contributed by atoms with Gasteiger partial charge in [-0.3, -0.25) is 4.68 Å². The second-order valence-corrected chi connectivity index (χ2v) is 10.2. The Morgan fingerprint density at radius 1 is 1.12 bits per heavy atom. The van der Waals surface area contributed by atoms with Gasteiger partial charge in [0.1, 0.15) is 12.4 Å². The summed E-state index contributed by atoms with van der Waals surface area (Å²) in [4.78, 5) is 12.8. The lowest BCUT2D eigenvalue weighted by Gasteiger charge is -2.24. The van der Waals surface area contributed by atoms with Crippen molar-refractivity contribution in [3.63, 3.8) is 0 Å². The van der Waals surface area contributed by atoms with Crippen LogP contribution in [0.5, 0.6) is 11.5 Å². The molecule has 1 heterocycles. The fourth-order valence-electron chi connectivity index (χ4n) is 4.25. The van der Waals surface area contributed by atoms with Gasteiger partial charge in [0.05, 0.1) is 22.2 Å². The summed E-state index contributed by atoms with van der Waals surface area (Å²) in [6.45, 7) is 3.40. The summed E-state index contributed by atoms with van der Waals surface area (Å²) in [6, 6.07) is 10.0. The smallest absolute Gasteiger partial charge is 0.435 e. The average molecular weight is 643 g/mol. The van der Waals surface area contributed by atoms with E-state index in [1.165, 1.54) is 37.4 Å². The minimum atomic E-state index is -4.80. The zero-order valence-electron chi connectivity index (χ0n) is 22.3. The number of alkyl halides is 7. The van der Waals surface area contributed by atoms with Gasteiger partial charge in [0, 0.05) is 23.7 Å². The molecule has 5 nitrogen and oxygen atoms in total. The van der Waals surface area contributed by atoms with E-state index in [0.717, 1.165) is 22.9 Å². The fourth-order valence-corrected chi connectivity index (χ4v) is 4.66. The lowest BCUT2D eigenvalue weighted by molar-refractivity contribution is -0.141.